The highest BCUT2D eigenvalue weighted by molar-refractivity contribution is 7.22. The molecule has 0 spiro atoms. The van der Waals surface area contributed by atoms with Crippen LogP contribution in [0, 0.1) is 5.92 Å². The summed E-state index contributed by atoms with van der Waals surface area (Å²) in [6, 6.07) is 3.66. The van der Waals surface area contributed by atoms with Crippen molar-refractivity contribution in [1.82, 2.24) is 4.98 Å². The molecule has 1 N–H and O–H groups in total. The van der Waals surface area contributed by atoms with E-state index in [-0.39, 0.29) is 5.91 Å². The van der Waals surface area contributed by atoms with E-state index < -0.39 is 0 Å². The van der Waals surface area contributed by atoms with Gasteiger partial charge in [0, 0.05) is 12.5 Å². The fraction of sp³-hybridized carbons (Fsp3) is 0.429. The van der Waals surface area contributed by atoms with Gasteiger partial charge in [-0.15, -0.1) is 0 Å². The lowest BCUT2D eigenvalue weighted by Crippen LogP contribution is -2.13. The molecule has 6 heteroatoms. The minimum atomic E-state index is -0.0232. The van der Waals surface area contributed by atoms with Crippen molar-refractivity contribution in [3.05, 3.63) is 12.1 Å². The number of nitrogens with zero attached hydrogens (tertiary/aromatic N) is 1. The van der Waals surface area contributed by atoms with Crippen LogP contribution in [0.3, 0.4) is 0 Å². The van der Waals surface area contributed by atoms with Gasteiger partial charge in [0.15, 0.2) is 5.13 Å². The molecule has 2 rings (SSSR count). The Hall–Kier alpha value is -1.82. The maximum absolute atomic E-state index is 11.8. The molecule has 1 aromatic heterocycles. The smallest absolute Gasteiger partial charge is 0.226 e. The minimum absolute atomic E-state index is 0.0232. The van der Waals surface area contributed by atoms with Gasteiger partial charge in [-0.2, -0.15) is 0 Å². The molecular formula is C14H18N2O3S. The minimum Gasteiger partial charge on any atom is -0.497 e. The fourth-order valence-electron chi connectivity index (χ4n) is 1.84. The largest absolute Gasteiger partial charge is 0.497 e. The van der Waals surface area contributed by atoms with E-state index in [0.717, 1.165) is 10.2 Å². The zero-order valence-corrected chi connectivity index (χ0v) is 12.8. The number of rotatable bonds is 5. The van der Waals surface area contributed by atoms with Crippen LogP contribution in [0.5, 0.6) is 11.5 Å². The van der Waals surface area contributed by atoms with E-state index in [4.69, 9.17) is 9.47 Å². The highest BCUT2D eigenvalue weighted by Crippen LogP contribution is 2.36. The van der Waals surface area contributed by atoms with Gasteiger partial charge in [0.25, 0.3) is 0 Å². The van der Waals surface area contributed by atoms with E-state index in [1.807, 2.05) is 19.9 Å². The van der Waals surface area contributed by atoms with Crippen molar-refractivity contribution in [1.29, 1.82) is 0 Å². The highest BCUT2D eigenvalue weighted by Gasteiger charge is 2.13. The summed E-state index contributed by atoms with van der Waals surface area (Å²) in [5.41, 5.74) is 0.734. The molecule has 0 saturated heterocycles. The lowest BCUT2D eigenvalue weighted by atomic mass is 10.1. The van der Waals surface area contributed by atoms with Gasteiger partial charge in [0.2, 0.25) is 5.91 Å². The quantitative estimate of drug-likeness (QED) is 0.919. The summed E-state index contributed by atoms with van der Waals surface area (Å²) < 4.78 is 11.4. The second kappa shape index (κ2) is 6.09. The third-order valence-electron chi connectivity index (χ3n) is 2.73. The summed E-state index contributed by atoms with van der Waals surface area (Å²) in [7, 11) is 3.19. The number of thiazole rings is 1. The summed E-state index contributed by atoms with van der Waals surface area (Å²) in [5, 5.41) is 3.40. The Kier molecular flexibility index (Phi) is 4.44. The van der Waals surface area contributed by atoms with Gasteiger partial charge in [-0.1, -0.05) is 25.2 Å². The van der Waals surface area contributed by atoms with Crippen molar-refractivity contribution in [3.8, 4) is 11.5 Å². The number of nitrogens with one attached hydrogen (secondary N) is 1. The van der Waals surface area contributed by atoms with Crippen LogP contribution in [0.4, 0.5) is 5.13 Å². The van der Waals surface area contributed by atoms with E-state index >= 15 is 0 Å². The number of methoxy groups -OCH3 is 2. The number of fused-ring (bicyclic) bond motifs is 1. The van der Waals surface area contributed by atoms with E-state index in [1.165, 1.54) is 11.3 Å². The molecule has 1 heterocycles. The third kappa shape index (κ3) is 3.19. The number of carbonyl (C=O) groups is 1. The maximum atomic E-state index is 11.8. The molecule has 0 radical (unpaired) electrons. The van der Waals surface area contributed by atoms with Gasteiger partial charge >= 0.3 is 0 Å². The van der Waals surface area contributed by atoms with Gasteiger partial charge in [-0.05, 0) is 12.0 Å². The molecule has 0 saturated carbocycles. The predicted octanol–water partition coefficient (Wildman–Crippen LogP) is 3.30. The molecule has 0 fully saturated rings. The predicted molar refractivity (Wildman–Crippen MR) is 80.8 cm³/mol. The molecule has 0 aliphatic carbocycles. The Morgan fingerprint density at radius 2 is 2.10 bits per heavy atom. The second-order valence-corrected chi connectivity index (χ2v) is 5.87. The molecule has 0 bridgehead atoms. The lowest BCUT2D eigenvalue weighted by Gasteiger charge is -2.04. The van der Waals surface area contributed by atoms with Gasteiger partial charge in [-0.25, -0.2) is 4.98 Å². The van der Waals surface area contributed by atoms with Gasteiger partial charge in [0.1, 0.15) is 17.0 Å². The van der Waals surface area contributed by atoms with Crippen LogP contribution >= 0.6 is 11.3 Å². The fourth-order valence-corrected chi connectivity index (χ4v) is 2.77. The lowest BCUT2D eigenvalue weighted by molar-refractivity contribution is -0.116. The van der Waals surface area contributed by atoms with E-state index in [1.54, 1.807) is 20.3 Å². The Labute approximate surface area is 121 Å². The topological polar surface area (TPSA) is 60.5 Å². The molecule has 1 aromatic carbocycles. The Morgan fingerprint density at radius 3 is 2.70 bits per heavy atom. The number of anilines is 1. The van der Waals surface area contributed by atoms with Crippen LogP contribution in [-0.4, -0.2) is 25.1 Å². The number of hydrogen-bond donors (Lipinski definition) is 1. The van der Waals surface area contributed by atoms with E-state index in [2.05, 4.69) is 10.3 Å². The van der Waals surface area contributed by atoms with Gasteiger partial charge in [0.05, 0.1) is 18.9 Å². The molecule has 20 heavy (non-hydrogen) atoms. The van der Waals surface area contributed by atoms with Crippen LogP contribution in [0.25, 0.3) is 10.2 Å². The average molecular weight is 294 g/mol. The molecular weight excluding hydrogens is 276 g/mol. The third-order valence-corrected chi connectivity index (χ3v) is 3.65. The zero-order valence-electron chi connectivity index (χ0n) is 12.0. The van der Waals surface area contributed by atoms with E-state index in [0.29, 0.717) is 29.0 Å². The van der Waals surface area contributed by atoms with Crippen molar-refractivity contribution >= 4 is 32.6 Å². The first kappa shape index (κ1) is 14.6. The van der Waals surface area contributed by atoms with Gasteiger partial charge < -0.3 is 14.8 Å². The molecule has 0 unspecified atom stereocenters. The molecule has 0 aliphatic heterocycles. The monoisotopic (exact) mass is 294 g/mol. The number of aromatic nitrogens is 1. The summed E-state index contributed by atoms with van der Waals surface area (Å²) in [4.78, 5) is 16.2. The maximum Gasteiger partial charge on any atom is 0.226 e. The zero-order chi connectivity index (χ0) is 14.7. The molecule has 0 aliphatic rings. The van der Waals surface area contributed by atoms with Crippen molar-refractivity contribution in [3.63, 3.8) is 0 Å². The first-order chi connectivity index (χ1) is 9.53. The summed E-state index contributed by atoms with van der Waals surface area (Å²) in [5.74, 6) is 1.64. The summed E-state index contributed by atoms with van der Waals surface area (Å²) in [6.07, 6.45) is 0.483. The van der Waals surface area contributed by atoms with Gasteiger partial charge in [-0.3, -0.25) is 4.79 Å². The van der Waals surface area contributed by atoms with Crippen molar-refractivity contribution < 1.29 is 14.3 Å². The van der Waals surface area contributed by atoms with Crippen LogP contribution in [0.2, 0.25) is 0 Å². The molecule has 2 aromatic rings. The molecule has 1 amide bonds. The van der Waals surface area contributed by atoms with E-state index in [9.17, 15) is 4.79 Å². The van der Waals surface area contributed by atoms with Crippen LogP contribution in [-0.2, 0) is 4.79 Å². The molecule has 5 nitrogen and oxygen atoms in total. The van der Waals surface area contributed by atoms with Crippen LogP contribution in [0.1, 0.15) is 20.3 Å². The second-order valence-electron chi connectivity index (χ2n) is 4.84. The normalized spacial score (nSPS) is 10.8. The molecule has 0 atom stereocenters. The molecule has 108 valence electrons. The SMILES string of the molecule is COc1cc(OC)c2nc(NC(=O)CC(C)C)sc2c1. The highest BCUT2D eigenvalue weighted by atomic mass is 32.1. The number of carbonyl (C=O) groups excluding carboxylic acids is 1. The Morgan fingerprint density at radius 1 is 1.35 bits per heavy atom. The Bertz CT molecular complexity index is 622. The number of benzene rings is 1. The number of ether oxygens (including phenoxy) is 2. The summed E-state index contributed by atoms with van der Waals surface area (Å²) >= 11 is 1.41. The standard InChI is InChI=1S/C14H18N2O3S/c1-8(2)5-12(17)15-14-16-13-10(19-4)6-9(18-3)7-11(13)20-14/h6-8H,5H2,1-4H3,(H,15,16,17). The van der Waals surface area contributed by atoms with Crippen LogP contribution in [0.15, 0.2) is 12.1 Å². The van der Waals surface area contributed by atoms with Crippen molar-refractivity contribution in [2.24, 2.45) is 5.92 Å². The van der Waals surface area contributed by atoms with Crippen LogP contribution < -0.4 is 14.8 Å². The number of amides is 1. The van der Waals surface area contributed by atoms with Crippen molar-refractivity contribution in [2.45, 2.75) is 20.3 Å². The number of hydrogen-bond acceptors (Lipinski definition) is 5. The average Bonchev–Trinajstić information content (AvgIpc) is 2.78. The first-order valence-electron chi connectivity index (χ1n) is 6.36. The first-order valence-corrected chi connectivity index (χ1v) is 7.17. The Balaban J connectivity index is 2.31. The van der Waals surface area contributed by atoms with Crippen molar-refractivity contribution in [2.75, 3.05) is 19.5 Å². The summed E-state index contributed by atoms with van der Waals surface area (Å²) in [6.45, 7) is 4.01.